The van der Waals surface area contributed by atoms with Crippen LogP contribution in [0.3, 0.4) is 0 Å². The van der Waals surface area contributed by atoms with E-state index >= 15 is 0 Å². The quantitative estimate of drug-likeness (QED) is 0.611. The minimum Gasteiger partial charge on any atom is -0.455 e. The van der Waals surface area contributed by atoms with Gasteiger partial charge in [-0.15, -0.1) is 0 Å². The van der Waals surface area contributed by atoms with E-state index in [1.165, 1.54) is 5.56 Å². The van der Waals surface area contributed by atoms with Crippen LogP contribution < -0.4 is 10.2 Å². The average Bonchev–Trinajstić information content (AvgIpc) is 3.39. The number of anilines is 2. The van der Waals surface area contributed by atoms with Crippen molar-refractivity contribution >= 4 is 51.9 Å². The lowest BCUT2D eigenvalue weighted by Gasteiger charge is -2.17. The highest BCUT2D eigenvalue weighted by molar-refractivity contribution is 7.00. The van der Waals surface area contributed by atoms with Crippen LogP contribution in [0, 0.1) is 5.92 Å². The zero-order valence-corrected chi connectivity index (χ0v) is 17.1. The Morgan fingerprint density at radius 3 is 2.77 bits per heavy atom. The number of aromatic nitrogens is 2. The fourth-order valence-corrected chi connectivity index (χ4v) is 3.92. The van der Waals surface area contributed by atoms with Gasteiger partial charge in [0.25, 0.3) is 5.91 Å². The number of hydrogen-bond acceptors (Lipinski definition) is 7. The van der Waals surface area contributed by atoms with Gasteiger partial charge in [0.15, 0.2) is 6.61 Å². The Balaban J connectivity index is 1.32. The van der Waals surface area contributed by atoms with Crippen molar-refractivity contribution in [2.75, 3.05) is 23.4 Å². The van der Waals surface area contributed by atoms with Crippen molar-refractivity contribution in [3.8, 4) is 0 Å². The molecule has 1 aromatic heterocycles. The van der Waals surface area contributed by atoms with Crippen LogP contribution in [0.4, 0.5) is 11.4 Å². The smallest absolute Gasteiger partial charge is 0.311 e. The van der Waals surface area contributed by atoms with E-state index in [1.807, 2.05) is 24.3 Å². The molecule has 0 saturated carbocycles. The van der Waals surface area contributed by atoms with Crippen LogP contribution in [-0.4, -0.2) is 39.7 Å². The summed E-state index contributed by atoms with van der Waals surface area (Å²) >= 11 is 1.06. The van der Waals surface area contributed by atoms with Crippen molar-refractivity contribution in [2.24, 2.45) is 5.92 Å². The lowest BCUT2D eigenvalue weighted by atomic mass is 10.1. The summed E-state index contributed by atoms with van der Waals surface area (Å²) in [5.41, 5.74) is 3.73. The lowest BCUT2D eigenvalue weighted by Crippen LogP contribution is -2.28. The Hall–Kier alpha value is -3.33. The van der Waals surface area contributed by atoms with Crippen LogP contribution in [0.25, 0.3) is 11.0 Å². The van der Waals surface area contributed by atoms with E-state index in [9.17, 15) is 14.4 Å². The molecule has 0 bridgehead atoms. The molecule has 30 heavy (non-hydrogen) atoms. The second-order valence-corrected chi connectivity index (χ2v) is 7.55. The number of amides is 2. The topological polar surface area (TPSA) is 101 Å². The largest absolute Gasteiger partial charge is 0.455 e. The predicted molar refractivity (Wildman–Crippen MR) is 113 cm³/mol. The Morgan fingerprint density at radius 1 is 1.20 bits per heavy atom. The molecule has 0 spiro atoms. The third kappa shape index (κ3) is 4.16. The van der Waals surface area contributed by atoms with Gasteiger partial charge in [0.1, 0.15) is 11.0 Å². The molecular weight excluding hydrogens is 404 g/mol. The normalized spacial score (nSPS) is 16.1. The van der Waals surface area contributed by atoms with Crippen LogP contribution >= 0.6 is 11.7 Å². The highest BCUT2D eigenvalue weighted by atomic mass is 32.1. The second-order valence-electron chi connectivity index (χ2n) is 7.02. The number of ether oxygens (including phenoxy) is 1. The average molecular weight is 424 g/mol. The molecule has 2 aromatic carbocycles. The summed E-state index contributed by atoms with van der Waals surface area (Å²) in [6, 6.07) is 13.0. The number of nitrogens with one attached hydrogen (secondary N) is 1. The number of carbonyl (C=O) groups is 3. The maximum absolute atomic E-state index is 12.4. The van der Waals surface area contributed by atoms with E-state index < -0.39 is 24.4 Å². The minimum absolute atomic E-state index is 0.0692. The molecular formula is C21H20N4O4S. The summed E-state index contributed by atoms with van der Waals surface area (Å²) in [5, 5.41) is 2.68. The van der Waals surface area contributed by atoms with Crippen molar-refractivity contribution in [1.82, 2.24) is 8.75 Å². The SMILES string of the molecule is CCc1ccc(N2C[C@@H](C(=O)OCC(=O)Nc3cccc4nsnc34)CC2=O)cc1. The maximum Gasteiger partial charge on any atom is 0.311 e. The molecule has 3 aromatic rings. The molecule has 1 fully saturated rings. The van der Waals surface area contributed by atoms with Crippen molar-refractivity contribution in [1.29, 1.82) is 0 Å². The second kappa shape index (κ2) is 8.58. The van der Waals surface area contributed by atoms with Crippen LogP contribution in [0.15, 0.2) is 42.5 Å². The monoisotopic (exact) mass is 424 g/mol. The van der Waals surface area contributed by atoms with Crippen molar-refractivity contribution < 1.29 is 19.1 Å². The lowest BCUT2D eigenvalue weighted by molar-refractivity contribution is -0.151. The number of nitrogens with zero attached hydrogens (tertiary/aromatic N) is 3. The number of rotatable bonds is 6. The van der Waals surface area contributed by atoms with Gasteiger partial charge in [-0.2, -0.15) is 8.75 Å². The summed E-state index contributed by atoms with van der Waals surface area (Å²) in [5.74, 6) is -1.75. The molecule has 2 amide bonds. The van der Waals surface area contributed by atoms with E-state index in [0.29, 0.717) is 16.7 Å². The Labute approximate surface area is 177 Å². The molecule has 8 nitrogen and oxygen atoms in total. The summed E-state index contributed by atoms with van der Waals surface area (Å²) in [4.78, 5) is 38.5. The summed E-state index contributed by atoms with van der Waals surface area (Å²) in [7, 11) is 0. The standard InChI is InChI=1S/C21H20N4O4S/c1-2-13-6-8-15(9-7-13)25-11-14(10-19(25)27)21(28)29-12-18(26)22-16-4-3-5-17-20(16)24-30-23-17/h3-9,14H,2,10-12H2,1H3,(H,22,26)/t14-/m0/s1. The van der Waals surface area contributed by atoms with E-state index in [4.69, 9.17) is 4.74 Å². The molecule has 1 N–H and O–H groups in total. The van der Waals surface area contributed by atoms with Crippen LogP contribution in [-0.2, 0) is 25.5 Å². The van der Waals surface area contributed by atoms with Gasteiger partial charge in [0.2, 0.25) is 5.91 Å². The van der Waals surface area contributed by atoms with Gasteiger partial charge in [0, 0.05) is 18.7 Å². The van der Waals surface area contributed by atoms with Crippen LogP contribution in [0.5, 0.6) is 0 Å². The molecule has 9 heteroatoms. The van der Waals surface area contributed by atoms with Crippen molar-refractivity contribution in [2.45, 2.75) is 19.8 Å². The van der Waals surface area contributed by atoms with Gasteiger partial charge in [-0.1, -0.05) is 25.1 Å². The van der Waals surface area contributed by atoms with E-state index in [-0.39, 0.29) is 18.9 Å². The number of hydrogen-bond donors (Lipinski definition) is 1. The first-order valence-electron chi connectivity index (χ1n) is 9.62. The molecule has 0 unspecified atom stereocenters. The number of carbonyl (C=O) groups excluding carboxylic acids is 3. The highest BCUT2D eigenvalue weighted by Gasteiger charge is 2.36. The minimum atomic E-state index is -0.595. The van der Waals surface area contributed by atoms with E-state index in [2.05, 4.69) is 21.0 Å². The predicted octanol–water partition coefficient (Wildman–Crippen LogP) is 2.79. The molecule has 4 rings (SSSR count). The third-order valence-corrected chi connectivity index (χ3v) is 5.56. The summed E-state index contributed by atoms with van der Waals surface area (Å²) < 4.78 is 13.4. The maximum atomic E-state index is 12.4. The van der Waals surface area contributed by atoms with Gasteiger partial charge in [-0.25, -0.2) is 0 Å². The molecule has 0 aliphatic carbocycles. The Kier molecular flexibility index (Phi) is 5.71. The van der Waals surface area contributed by atoms with Gasteiger partial charge < -0.3 is 15.0 Å². The van der Waals surface area contributed by atoms with Crippen LogP contribution in [0.2, 0.25) is 0 Å². The van der Waals surface area contributed by atoms with Gasteiger partial charge in [0.05, 0.1) is 23.3 Å². The molecule has 1 aliphatic heterocycles. The molecule has 1 atom stereocenters. The van der Waals surface area contributed by atoms with E-state index in [0.717, 1.165) is 23.8 Å². The third-order valence-electron chi connectivity index (χ3n) is 5.02. The van der Waals surface area contributed by atoms with Gasteiger partial charge in [-0.05, 0) is 36.2 Å². The van der Waals surface area contributed by atoms with Gasteiger partial charge in [-0.3, -0.25) is 14.4 Å². The van der Waals surface area contributed by atoms with E-state index in [1.54, 1.807) is 23.1 Å². The number of benzene rings is 2. The fourth-order valence-electron chi connectivity index (χ4n) is 3.37. The zero-order chi connectivity index (χ0) is 21.1. The van der Waals surface area contributed by atoms with Crippen molar-refractivity contribution in [3.05, 3.63) is 48.0 Å². The summed E-state index contributed by atoms with van der Waals surface area (Å²) in [6.45, 7) is 1.88. The summed E-state index contributed by atoms with van der Waals surface area (Å²) in [6.07, 6.45) is 0.985. The first-order chi connectivity index (χ1) is 14.5. The van der Waals surface area contributed by atoms with Crippen molar-refractivity contribution in [3.63, 3.8) is 0 Å². The zero-order valence-electron chi connectivity index (χ0n) is 16.3. The Morgan fingerprint density at radius 2 is 2.00 bits per heavy atom. The van der Waals surface area contributed by atoms with Crippen LogP contribution in [0.1, 0.15) is 18.9 Å². The number of aryl methyl sites for hydroxylation is 1. The molecule has 1 aliphatic rings. The Bertz CT molecular complexity index is 1100. The molecule has 2 heterocycles. The number of esters is 1. The molecule has 1 saturated heterocycles. The fraction of sp³-hybridized carbons (Fsp3) is 0.286. The number of fused-ring (bicyclic) bond motifs is 1. The first kappa shape index (κ1) is 20.0. The molecule has 154 valence electrons. The molecule has 0 radical (unpaired) electrons. The highest BCUT2D eigenvalue weighted by Crippen LogP contribution is 2.26. The first-order valence-corrected chi connectivity index (χ1v) is 10.3. The van der Waals surface area contributed by atoms with Gasteiger partial charge >= 0.3 is 5.97 Å².